The monoisotopic (exact) mass is 369 g/mol. The Bertz CT molecular complexity index is 1290. The molecule has 4 aromatic rings. The van der Waals surface area contributed by atoms with Gasteiger partial charge in [0.15, 0.2) is 10.7 Å². The number of para-hydroxylation sites is 2. The number of aromatic hydroxyl groups is 1. The molecule has 26 heavy (non-hydrogen) atoms. The molecule has 0 radical (unpaired) electrons. The molecule has 0 spiro atoms. The van der Waals surface area contributed by atoms with Crippen LogP contribution in [0.4, 0.5) is 5.69 Å². The summed E-state index contributed by atoms with van der Waals surface area (Å²) in [5.41, 5.74) is 0.847. The minimum Gasteiger partial charge on any atom is -0.504 e. The maximum Gasteiger partial charge on any atom is 0.322 e. The molecule has 0 aliphatic carbocycles. The molecule has 2 aromatic carbocycles. The van der Waals surface area contributed by atoms with Crippen molar-refractivity contribution in [3.05, 3.63) is 67.0 Å². The van der Waals surface area contributed by atoms with E-state index < -0.39 is 10.6 Å². The summed E-state index contributed by atoms with van der Waals surface area (Å²) in [6.45, 7) is 0. The zero-order chi connectivity index (χ0) is 18.4. The van der Waals surface area contributed by atoms with Crippen molar-refractivity contribution >= 4 is 39.1 Å². The fourth-order valence-corrected chi connectivity index (χ4v) is 3.81. The van der Waals surface area contributed by atoms with Gasteiger partial charge in [-0.25, -0.2) is 9.38 Å². The van der Waals surface area contributed by atoms with E-state index in [9.17, 15) is 20.0 Å². The predicted molar refractivity (Wildman–Crippen MR) is 96.9 cm³/mol. The molecule has 9 heteroatoms. The highest BCUT2D eigenvalue weighted by atomic mass is 32.1. The van der Waals surface area contributed by atoms with Gasteiger partial charge in [0.25, 0.3) is 5.56 Å². The molecule has 130 valence electrons. The van der Waals surface area contributed by atoms with Gasteiger partial charge < -0.3 is 9.84 Å². The van der Waals surface area contributed by atoms with Crippen molar-refractivity contribution in [3.8, 4) is 11.5 Å². The normalized spacial score (nSPS) is 12.1. The minimum atomic E-state index is -0.650. The molecule has 4 rings (SSSR count). The molecule has 2 heterocycles. The Hall–Kier alpha value is -3.46. The molecule has 0 saturated carbocycles. The van der Waals surface area contributed by atoms with Crippen LogP contribution in [0.1, 0.15) is 5.56 Å². The van der Waals surface area contributed by atoms with E-state index in [4.69, 9.17) is 4.74 Å². The molecular weight excluding hydrogens is 358 g/mol. The van der Waals surface area contributed by atoms with Crippen molar-refractivity contribution in [3.63, 3.8) is 0 Å². The van der Waals surface area contributed by atoms with Crippen LogP contribution in [0.15, 0.2) is 41.2 Å². The predicted octanol–water partition coefficient (Wildman–Crippen LogP) is 2.08. The van der Waals surface area contributed by atoms with Crippen molar-refractivity contribution in [1.82, 2.24) is 9.38 Å². The van der Waals surface area contributed by atoms with Crippen LogP contribution in [0.5, 0.6) is 11.5 Å². The molecule has 0 aliphatic heterocycles. The third kappa shape index (κ3) is 2.29. The summed E-state index contributed by atoms with van der Waals surface area (Å²) in [6, 6.07) is 9.91. The average Bonchev–Trinajstić information content (AvgIpc) is 3.12. The second kappa shape index (κ2) is 5.81. The highest BCUT2D eigenvalue weighted by molar-refractivity contribution is 7.15. The van der Waals surface area contributed by atoms with Gasteiger partial charge in [0, 0.05) is 0 Å². The Labute approximate surface area is 149 Å². The smallest absolute Gasteiger partial charge is 0.322 e. The number of phenols is 1. The Kier molecular flexibility index (Phi) is 3.58. The number of aromatic nitrogens is 2. The number of methoxy groups -OCH3 is 1. The molecule has 0 atom stereocenters. The van der Waals surface area contributed by atoms with Gasteiger partial charge in [-0.05, 0) is 30.3 Å². The highest BCUT2D eigenvalue weighted by Crippen LogP contribution is 2.39. The summed E-state index contributed by atoms with van der Waals surface area (Å²) in [5, 5.41) is 21.2. The SMILES string of the molecule is COc1c(O)ccc(/C=c2\sc3nc4ccccc4n3c2=O)c1[N+](=O)[O-]. The zero-order valence-electron chi connectivity index (χ0n) is 13.4. The lowest BCUT2D eigenvalue weighted by atomic mass is 10.1. The molecule has 0 amide bonds. The van der Waals surface area contributed by atoms with Gasteiger partial charge in [0.1, 0.15) is 0 Å². The number of hydrogen-bond acceptors (Lipinski definition) is 7. The van der Waals surface area contributed by atoms with E-state index >= 15 is 0 Å². The first-order chi connectivity index (χ1) is 12.5. The van der Waals surface area contributed by atoms with Crippen LogP contribution in [-0.2, 0) is 0 Å². The Balaban J connectivity index is 2.02. The van der Waals surface area contributed by atoms with Crippen molar-refractivity contribution in [2.75, 3.05) is 7.11 Å². The van der Waals surface area contributed by atoms with Crippen LogP contribution in [-0.4, -0.2) is 26.5 Å². The van der Waals surface area contributed by atoms with Gasteiger partial charge in [-0.1, -0.05) is 23.5 Å². The molecule has 0 bridgehead atoms. The number of ether oxygens (including phenoxy) is 1. The third-order valence-corrected chi connectivity index (χ3v) is 4.93. The molecule has 8 nitrogen and oxygen atoms in total. The summed E-state index contributed by atoms with van der Waals surface area (Å²) in [4.78, 5) is 28.5. The fourth-order valence-electron chi connectivity index (χ4n) is 2.84. The summed E-state index contributed by atoms with van der Waals surface area (Å²) in [7, 11) is 1.23. The number of nitro groups is 1. The summed E-state index contributed by atoms with van der Waals surface area (Å²) < 4.78 is 6.73. The molecule has 1 N–H and O–H groups in total. The van der Waals surface area contributed by atoms with Crippen molar-refractivity contribution < 1.29 is 14.8 Å². The molecule has 0 saturated heterocycles. The van der Waals surface area contributed by atoms with Gasteiger partial charge in [-0.3, -0.25) is 14.9 Å². The van der Waals surface area contributed by atoms with Gasteiger partial charge in [0.2, 0.25) is 5.75 Å². The number of thiazole rings is 1. The van der Waals surface area contributed by atoms with Crippen LogP contribution in [0, 0.1) is 10.1 Å². The largest absolute Gasteiger partial charge is 0.504 e. The summed E-state index contributed by atoms with van der Waals surface area (Å²) in [6.07, 6.45) is 1.41. The second-order valence-electron chi connectivity index (χ2n) is 5.45. The second-order valence-corrected chi connectivity index (χ2v) is 6.46. The van der Waals surface area contributed by atoms with Crippen molar-refractivity contribution in [2.45, 2.75) is 0 Å². The van der Waals surface area contributed by atoms with Gasteiger partial charge in [0.05, 0.1) is 33.2 Å². The summed E-state index contributed by atoms with van der Waals surface area (Å²) >= 11 is 1.14. The fraction of sp³-hybridized carbons (Fsp3) is 0.0588. The van der Waals surface area contributed by atoms with E-state index in [1.807, 2.05) is 18.2 Å². The Morgan fingerprint density at radius 3 is 2.81 bits per heavy atom. The van der Waals surface area contributed by atoms with Crippen molar-refractivity contribution in [1.29, 1.82) is 0 Å². The number of imidazole rings is 1. The van der Waals surface area contributed by atoms with Crippen LogP contribution in [0.2, 0.25) is 0 Å². The van der Waals surface area contributed by atoms with Crippen LogP contribution in [0.3, 0.4) is 0 Å². The third-order valence-electron chi connectivity index (χ3n) is 3.96. The van der Waals surface area contributed by atoms with E-state index in [1.165, 1.54) is 29.7 Å². The maximum atomic E-state index is 12.8. The number of hydrogen-bond donors (Lipinski definition) is 1. The number of rotatable bonds is 3. The quantitative estimate of drug-likeness (QED) is 0.438. The van der Waals surface area contributed by atoms with Gasteiger partial charge >= 0.3 is 5.69 Å². The minimum absolute atomic E-state index is 0.163. The molecule has 0 fully saturated rings. The highest BCUT2D eigenvalue weighted by Gasteiger charge is 2.23. The van der Waals surface area contributed by atoms with E-state index in [1.54, 1.807) is 6.07 Å². The lowest BCUT2D eigenvalue weighted by Crippen LogP contribution is -2.22. The standard InChI is InChI=1S/C17H11N3O5S/c1-25-15-12(21)7-6-9(14(15)20(23)24)8-13-16(22)19-11-5-3-2-4-10(11)18-17(19)26-13/h2-8,21H,1H3/b13-8-. The Morgan fingerprint density at radius 1 is 1.31 bits per heavy atom. The topological polar surface area (TPSA) is 107 Å². The van der Waals surface area contributed by atoms with Gasteiger partial charge in [-0.15, -0.1) is 0 Å². The van der Waals surface area contributed by atoms with Crippen LogP contribution < -0.4 is 14.8 Å². The molecule has 0 aliphatic rings. The van der Waals surface area contributed by atoms with Crippen molar-refractivity contribution in [2.24, 2.45) is 0 Å². The lowest BCUT2D eigenvalue weighted by Gasteiger charge is -2.05. The molecule has 0 unspecified atom stereocenters. The number of benzene rings is 2. The maximum absolute atomic E-state index is 12.8. The van der Waals surface area contributed by atoms with Crippen LogP contribution in [0.25, 0.3) is 22.1 Å². The first kappa shape index (κ1) is 16.0. The zero-order valence-corrected chi connectivity index (χ0v) is 14.2. The number of nitrogens with zero attached hydrogens (tertiary/aromatic N) is 3. The molecule has 2 aromatic heterocycles. The average molecular weight is 369 g/mol. The van der Waals surface area contributed by atoms with E-state index in [-0.39, 0.29) is 22.6 Å². The van der Waals surface area contributed by atoms with Crippen LogP contribution >= 0.6 is 11.3 Å². The number of phenolic OH excluding ortho intramolecular Hbond substituents is 1. The number of nitro benzene ring substituents is 1. The Morgan fingerprint density at radius 2 is 2.08 bits per heavy atom. The molecular formula is C17H11N3O5S. The van der Waals surface area contributed by atoms with E-state index in [0.29, 0.717) is 20.5 Å². The van der Waals surface area contributed by atoms with E-state index in [0.717, 1.165) is 11.3 Å². The van der Waals surface area contributed by atoms with E-state index in [2.05, 4.69) is 4.98 Å². The summed E-state index contributed by atoms with van der Waals surface area (Å²) in [5.74, 6) is -0.589. The lowest BCUT2D eigenvalue weighted by molar-refractivity contribution is -0.386. The number of fused-ring (bicyclic) bond motifs is 3. The van der Waals surface area contributed by atoms with Gasteiger partial charge in [-0.2, -0.15) is 0 Å². The first-order valence-corrected chi connectivity index (χ1v) is 8.29. The first-order valence-electron chi connectivity index (χ1n) is 7.47.